The van der Waals surface area contributed by atoms with Gasteiger partial charge in [-0.15, -0.1) is 0 Å². The van der Waals surface area contributed by atoms with Gasteiger partial charge in [-0.25, -0.2) is 11.0 Å². The molecule has 0 amide bonds. The number of hydrogen-bond acceptors (Lipinski definition) is 4. The molecule has 8 aromatic rings. The monoisotopic (exact) mass is 580 g/mol. The molecule has 6 nitrogen and oxygen atoms in total. The molecule has 0 saturated carbocycles. The summed E-state index contributed by atoms with van der Waals surface area (Å²) in [4.78, 5) is 0. The molecule has 214 valence electrons. The van der Waals surface area contributed by atoms with Crippen molar-refractivity contribution in [3.63, 3.8) is 0 Å². The maximum atomic E-state index is 9.04. The van der Waals surface area contributed by atoms with Gasteiger partial charge in [0.1, 0.15) is 0 Å². The van der Waals surface area contributed by atoms with Gasteiger partial charge in [0, 0.05) is 32.9 Å². The van der Waals surface area contributed by atoms with Crippen LogP contribution in [0.1, 0.15) is 16.7 Å². The first-order valence-electron chi connectivity index (χ1n) is 14.9. The van der Waals surface area contributed by atoms with E-state index in [1.54, 1.807) is 18.3 Å². The summed E-state index contributed by atoms with van der Waals surface area (Å²) in [5, 5.41) is 19.8. The average molecular weight is 581 g/mol. The average Bonchev–Trinajstić information content (AvgIpc) is 3.59. The Morgan fingerprint density at radius 3 is 1.87 bits per heavy atom. The zero-order valence-corrected chi connectivity index (χ0v) is 24.4. The predicted octanol–water partition coefficient (Wildman–Crippen LogP) is 8.46. The molecule has 6 heteroatoms. The van der Waals surface area contributed by atoms with Crippen LogP contribution in [0.15, 0.2) is 145 Å². The molecule has 0 radical (unpaired) electrons. The highest BCUT2D eigenvalue weighted by Gasteiger charge is 2.18. The summed E-state index contributed by atoms with van der Waals surface area (Å²) in [5.74, 6) is 6.30. The molecule has 0 spiro atoms. The van der Waals surface area contributed by atoms with Gasteiger partial charge in [-0.05, 0) is 71.8 Å². The van der Waals surface area contributed by atoms with Crippen molar-refractivity contribution in [2.45, 2.75) is 6.54 Å². The van der Waals surface area contributed by atoms with Crippen molar-refractivity contribution in [2.75, 3.05) is 0 Å². The molecule has 2 N–H and O–H groups in total. The number of hydrogen-bond donors (Lipinski definition) is 1. The van der Waals surface area contributed by atoms with E-state index >= 15 is 0 Å². The highest BCUT2D eigenvalue weighted by Crippen LogP contribution is 2.39. The van der Waals surface area contributed by atoms with Gasteiger partial charge >= 0.3 is 0 Å². The molecule has 0 saturated heterocycles. The van der Waals surface area contributed by atoms with Crippen molar-refractivity contribution in [3.05, 3.63) is 156 Å². The van der Waals surface area contributed by atoms with E-state index in [9.17, 15) is 0 Å². The molecule has 45 heavy (non-hydrogen) atoms. The van der Waals surface area contributed by atoms with Crippen LogP contribution in [-0.2, 0) is 6.54 Å². The number of rotatable bonds is 6. The third-order valence-corrected chi connectivity index (χ3v) is 8.39. The number of nitriles is 1. The van der Waals surface area contributed by atoms with Gasteiger partial charge in [0.2, 0.25) is 0 Å². The first-order valence-corrected chi connectivity index (χ1v) is 14.9. The minimum Gasteiger partial charge on any atom is -0.309 e. The van der Waals surface area contributed by atoms with Crippen LogP contribution in [0.5, 0.6) is 0 Å². The van der Waals surface area contributed by atoms with E-state index in [1.165, 1.54) is 37.7 Å². The van der Waals surface area contributed by atoms with Crippen LogP contribution < -0.4 is 5.84 Å². The van der Waals surface area contributed by atoms with Crippen LogP contribution in [0, 0.1) is 11.3 Å². The quantitative estimate of drug-likeness (QED) is 0.122. The van der Waals surface area contributed by atoms with Gasteiger partial charge in [-0.2, -0.15) is 10.4 Å². The van der Waals surface area contributed by atoms with Gasteiger partial charge in [0.15, 0.2) is 0 Å². The van der Waals surface area contributed by atoms with Crippen molar-refractivity contribution < 1.29 is 0 Å². The van der Waals surface area contributed by atoms with Crippen LogP contribution in [0.25, 0.3) is 55.0 Å². The lowest BCUT2D eigenvalue weighted by molar-refractivity contribution is 0.292. The first-order chi connectivity index (χ1) is 22.2. The van der Waals surface area contributed by atoms with E-state index in [4.69, 9.17) is 11.1 Å². The number of aromatic nitrogens is 2. The van der Waals surface area contributed by atoms with E-state index in [-0.39, 0.29) is 0 Å². The summed E-state index contributed by atoms with van der Waals surface area (Å²) in [6, 6.07) is 50.3. The van der Waals surface area contributed by atoms with Crippen LogP contribution >= 0.6 is 0 Å². The molecular formula is C39H28N6. The lowest BCUT2D eigenvalue weighted by Gasteiger charge is -2.14. The van der Waals surface area contributed by atoms with Gasteiger partial charge in [0.05, 0.1) is 46.5 Å². The van der Waals surface area contributed by atoms with E-state index in [2.05, 4.69) is 136 Å². The minimum atomic E-state index is 0.435. The van der Waals surface area contributed by atoms with Crippen LogP contribution in [0.2, 0.25) is 0 Å². The largest absolute Gasteiger partial charge is 0.309 e. The third kappa shape index (κ3) is 4.60. The topological polar surface area (TPSA) is 75.3 Å². The molecule has 2 aromatic heterocycles. The highest BCUT2D eigenvalue weighted by atomic mass is 15.6. The molecule has 0 fully saturated rings. The van der Waals surface area contributed by atoms with Crippen molar-refractivity contribution in [1.29, 1.82) is 5.26 Å². The number of fused-ring (bicyclic) bond motifs is 6. The van der Waals surface area contributed by atoms with E-state index in [1.807, 2.05) is 12.1 Å². The molecule has 0 unspecified atom stereocenters. The zero-order chi connectivity index (χ0) is 30.3. The number of nitrogens with two attached hydrogens (primary N) is 1. The second kappa shape index (κ2) is 10.8. The van der Waals surface area contributed by atoms with E-state index in [0.29, 0.717) is 12.1 Å². The Hall–Kier alpha value is -6.16. The van der Waals surface area contributed by atoms with Gasteiger partial charge < -0.3 is 9.13 Å². The SMILES string of the molecule is N#Cc1ccc(/C=N/N(N)Cc2cccc(-n3c4ccccc4c4cc5c6ccccc6n(-c6ccccc6)c5cc43)c2)cc1. The molecule has 2 heterocycles. The lowest BCUT2D eigenvalue weighted by Crippen LogP contribution is -2.24. The van der Waals surface area contributed by atoms with Crippen molar-refractivity contribution in [2.24, 2.45) is 10.9 Å². The van der Waals surface area contributed by atoms with Gasteiger partial charge in [0.25, 0.3) is 0 Å². The lowest BCUT2D eigenvalue weighted by atomic mass is 10.1. The molecule has 0 aliphatic heterocycles. The standard InChI is InChI=1S/C39H28N6/c40-24-27-17-19-28(20-18-27)25-42-43(41)26-29-9-8-12-31(21-29)45-37-16-7-5-14-33(37)35-22-34-32-13-4-6-15-36(32)44(38(34)23-39(35)45)30-10-2-1-3-11-30/h1-23,25H,26,41H2/b42-25+. The first kappa shape index (κ1) is 26.5. The normalized spacial score (nSPS) is 11.6. The predicted molar refractivity (Wildman–Crippen MR) is 184 cm³/mol. The maximum Gasteiger partial charge on any atom is 0.0991 e. The minimum absolute atomic E-state index is 0.435. The number of nitrogens with zero attached hydrogens (tertiary/aromatic N) is 5. The fourth-order valence-corrected chi connectivity index (χ4v) is 6.37. The summed E-state index contributed by atoms with van der Waals surface area (Å²) in [6.45, 7) is 0.435. The molecule has 0 bridgehead atoms. The molecule has 0 aliphatic carbocycles. The Balaban J connectivity index is 1.26. The Labute approximate surface area is 260 Å². The fraction of sp³-hybridized carbons (Fsp3) is 0.0256. The summed E-state index contributed by atoms with van der Waals surface area (Å²) in [5.41, 5.74) is 9.37. The molecule has 6 aromatic carbocycles. The molecule has 0 atom stereocenters. The second-order valence-corrected chi connectivity index (χ2v) is 11.2. The molecular weight excluding hydrogens is 552 g/mol. The van der Waals surface area contributed by atoms with Crippen LogP contribution in [0.4, 0.5) is 0 Å². The Morgan fingerprint density at radius 2 is 1.20 bits per heavy atom. The van der Waals surface area contributed by atoms with Gasteiger partial charge in [-0.1, -0.05) is 78.9 Å². The number of benzene rings is 6. The van der Waals surface area contributed by atoms with E-state index in [0.717, 1.165) is 33.5 Å². The maximum absolute atomic E-state index is 9.04. The fourth-order valence-electron chi connectivity index (χ4n) is 6.37. The zero-order valence-electron chi connectivity index (χ0n) is 24.4. The van der Waals surface area contributed by atoms with Crippen LogP contribution in [0.3, 0.4) is 0 Å². The third-order valence-electron chi connectivity index (χ3n) is 8.39. The number of hydrazine groups is 1. The summed E-state index contributed by atoms with van der Waals surface area (Å²) >= 11 is 0. The van der Waals surface area contributed by atoms with Gasteiger partial charge in [-0.3, -0.25) is 0 Å². The summed E-state index contributed by atoms with van der Waals surface area (Å²) < 4.78 is 4.71. The Morgan fingerprint density at radius 1 is 0.600 bits per heavy atom. The highest BCUT2D eigenvalue weighted by molar-refractivity contribution is 6.19. The Kier molecular flexibility index (Phi) is 6.37. The molecule has 8 rings (SSSR count). The summed E-state index contributed by atoms with van der Waals surface area (Å²) in [7, 11) is 0. The van der Waals surface area contributed by atoms with Crippen LogP contribution in [-0.4, -0.2) is 20.5 Å². The van der Waals surface area contributed by atoms with Crippen molar-refractivity contribution in [1.82, 2.24) is 14.3 Å². The van der Waals surface area contributed by atoms with Crippen molar-refractivity contribution in [3.8, 4) is 17.4 Å². The van der Waals surface area contributed by atoms with E-state index < -0.39 is 0 Å². The summed E-state index contributed by atoms with van der Waals surface area (Å²) in [6.07, 6.45) is 1.70. The smallest absolute Gasteiger partial charge is 0.0991 e. The second-order valence-electron chi connectivity index (χ2n) is 11.2. The Bertz CT molecular complexity index is 2430. The number of hydrazone groups is 1. The number of para-hydroxylation sites is 3. The molecule has 0 aliphatic rings. The van der Waals surface area contributed by atoms with Crippen molar-refractivity contribution >= 4 is 49.8 Å².